The molecule has 3 N–H and O–H groups in total. The van der Waals surface area contributed by atoms with Crippen molar-refractivity contribution in [2.45, 2.75) is 39.5 Å². The van der Waals surface area contributed by atoms with Crippen LogP contribution in [0.5, 0.6) is 0 Å². The summed E-state index contributed by atoms with van der Waals surface area (Å²) < 4.78 is 5.21. The normalized spacial score (nSPS) is 21.4. The fraction of sp³-hybridized carbons (Fsp3) is 0.929. The Labute approximate surface area is 111 Å². The predicted molar refractivity (Wildman–Crippen MR) is 76.0 cm³/mol. The lowest BCUT2D eigenvalue weighted by molar-refractivity contribution is 0.153. The zero-order valence-electron chi connectivity index (χ0n) is 12.2. The van der Waals surface area contributed by atoms with E-state index in [9.17, 15) is 0 Å². The standard InChI is InChI=1S/C14H29N3O/c1-14(2,13(15)16)7-4-5-8-17-9-6-12(10-17)11-18-3/h12H,4-11H2,1-3H3,(H3,15,16). The minimum absolute atomic E-state index is 0.135. The number of amidine groups is 1. The van der Waals surface area contributed by atoms with E-state index in [4.69, 9.17) is 15.9 Å². The Morgan fingerprint density at radius 2 is 2.17 bits per heavy atom. The molecule has 1 heterocycles. The fourth-order valence-corrected chi connectivity index (χ4v) is 2.52. The van der Waals surface area contributed by atoms with Gasteiger partial charge >= 0.3 is 0 Å². The Kier molecular flexibility index (Phi) is 6.09. The van der Waals surface area contributed by atoms with Crippen LogP contribution in [0.4, 0.5) is 0 Å². The largest absolute Gasteiger partial charge is 0.387 e. The van der Waals surface area contributed by atoms with Crippen LogP contribution in [0, 0.1) is 16.7 Å². The molecule has 0 aliphatic carbocycles. The van der Waals surface area contributed by atoms with Gasteiger partial charge < -0.3 is 15.4 Å². The SMILES string of the molecule is COCC1CCN(CCCCC(C)(C)C(=N)N)C1. The van der Waals surface area contributed by atoms with Crippen LogP contribution in [-0.4, -0.2) is 44.1 Å². The van der Waals surface area contributed by atoms with Gasteiger partial charge in [0.15, 0.2) is 0 Å². The highest BCUT2D eigenvalue weighted by Gasteiger charge is 2.23. The third-order valence-electron chi connectivity index (χ3n) is 4.03. The number of nitrogens with zero attached hydrogens (tertiary/aromatic N) is 1. The van der Waals surface area contributed by atoms with Gasteiger partial charge in [-0.2, -0.15) is 0 Å². The van der Waals surface area contributed by atoms with Gasteiger partial charge in [-0.1, -0.05) is 20.3 Å². The number of hydrogen-bond acceptors (Lipinski definition) is 3. The molecule has 0 spiro atoms. The third-order valence-corrected chi connectivity index (χ3v) is 4.03. The number of ether oxygens (including phenoxy) is 1. The van der Waals surface area contributed by atoms with E-state index in [0.29, 0.717) is 5.84 Å². The zero-order valence-corrected chi connectivity index (χ0v) is 12.2. The van der Waals surface area contributed by atoms with Gasteiger partial charge in [0.1, 0.15) is 0 Å². The van der Waals surface area contributed by atoms with E-state index in [-0.39, 0.29) is 5.41 Å². The first-order chi connectivity index (χ1) is 8.45. The van der Waals surface area contributed by atoms with Crippen molar-refractivity contribution in [2.24, 2.45) is 17.1 Å². The summed E-state index contributed by atoms with van der Waals surface area (Å²) in [6.45, 7) is 8.58. The Morgan fingerprint density at radius 3 is 2.78 bits per heavy atom. The summed E-state index contributed by atoms with van der Waals surface area (Å²) in [5.41, 5.74) is 5.45. The molecule has 4 heteroatoms. The van der Waals surface area contributed by atoms with Gasteiger partial charge in [0.2, 0.25) is 0 Å². The molecule has 4 nitrogen and oxygen atoms in total. The number of hydrogen-bond donors (Lipinski definition) is 2. The molecule has 1 fully saturated rings. The van der Waals surface area contributed by atoms with Crippen molar-refractivity contribution >= 4 is 5.84 Å². The first-order valence-corrected chi connectivity index (χ1v) is 7.01. The first kappa shape index (κ1) is 15.4. The van der Waals surface area contributed by atoms with E-state index < -0.39 is 0 Å². The topological polar surface area (TPSA) is 62.3 Å². The van der Waals surface area contributed by atoms with Crippen molar-refractivity contribution in [3.05, 3.63) is 0 Å². The average Bonchev–Trinajstić information content (AvgIpc) is 2.73. The van der Waals surface area contributed by atoms with Crippen LogP contribution in [0.15, 0.2) is 0 Å². The Bertz CT molecular complexity index is 266. The molecule has 0 saturated carbocycles. The minimum Gasteiger partial charge on any atom is -0.387 e. The number of unbranched alkanes of at least 4 members (excludes halogenated alkanes) is 1. The maximum atomic E-state index is 7.53. The number of nitrogens with one attached hydrogen (secondary N) is 1. The molecule has 1 unspecified atom stereocenters. The van der Waals surface area contributed by atoms with Crippen LogP contribution in [0.2, 0.25) is 0 Å². The highest BCUT2D eigenvalue weighted by atomic mass is 16.5. The summed E-state index contributed by atoms with van der Waals surface area (Å²) >= 11 is 0. The molecular weight excluding hydrogens is 226 g/mol. The van der Waals surface area contributed by atoms with Crippen LogP contribution in [0.3, 0.4) is 0 Å². The Hall–Kier alpha value is -0.610. The Morgan fingerprint density at radius 1 is 1.44 bits per heavy atom. The second kappa shape index (κ2) is 7.10. The molecule has 0 amide bonds. The summed E-state index contributed by atoms with van der Waals surface area (Å²) in [6, 6.07) is 0. The maximum Gasteiger partial charge on any atom is 0.0963 e. The van der Waals surface area contributed by atoms with Crippen molar-refractivity contribution in [3.8, 4) is 0 Å². The molecule has 106 valence electrons. The van der Waals surface area contributed by atoms with Crippen molar-refractivity contribution < 1.29 is 4.74 Å². The van der Waals surface area contributed by atoms with Crippen LogP contribution < -0.4 is 5.73 Å². The number of likely N-dealkylation sites (tertiary alicyclic amines) is 1. The van der Waals surface area contributed by atoms with E-state index >= 15 is 0 Å². The molecule has 0 aromatic carbocycles. The molecule has 0 bridgehead atoms. The summed E-state index contributed by atoms with van der Waals surface area (Å²) in [7, 11) is 1.78. The lowest BCUT2D eigenvalue weighted by Gasteiger charge is -2.23. The van der Waals surface area contributed by atoms with Crippen LogP contribution in [0.25, 0.3) is 0 Å². The zero-order chi connectivity index (χ0) is 13.6. The van der Waals surface area contributed by atoms with Gasteiger partial charge in [-0.15, -0.1) is 0 Å². The van der Waals surface area contributed by atoms with E-state index in [1.54, 1.807) is 7.11 Å². The van der Waals surface area contributed by atoms with Crippen LogP contribution in [0.1, 0.15) is 39.5 Å². The number of methoxy groups -OCH3 is 1. The molecule has 1 aliphatic heterocycles. The van der Waals surface area contributed by atoms with Gasteiger partial charge in [-0.3, -0.25) is 5.41 Å². The molecule has 18 heavy (non-hydrogen) atoms. The monoisotopic (exact) mass is 255 g/mol. The van der Waals surface area contributed by atoms with E-state index in [0.717, 1.165) is 25.4 Å². The molecule has 1 rings (SSSR count). The van der Waals surface area contributed by atoms with Gasteiger partial charge in [0.25, 0.3) is 0 Å². The highest BCUT2D eigenvalue weighted by molar-refractivity contribution is 5.82. The van der Waals surface area contributed by atoms with Crippen LogP contribution in [-0.2, 0) is 4.74 Å². The highest BCUT2D eigenvalue weighted by Crippen LogP contribution is 2.23. The van der Waals surface area contributed by atoms with Crippen LogP contribution >= 0.6 is 0 Å². The average molecular weight is 255 g/mol. The lowest BCUT2D eigenvalue weighted by atomic mass is 9.86. The molecule has 0 radical (unpaired) electrons. The van der Waals surface area contributed by atoms with Gasteiger partial charge in [0.05, 0.1) is 12.4 Å². The fourth-order valence-electron chi connectivity index (χ4n) is 2.52. The maximum absolute atomic E-state index is 7.53. The summed E-state index contributed by atoms with van der Waals surface area (Å²) in [4.78, 5) is 2.53. The number of nitrogens with two attached hydrogens (primary N) is 1. The lowest BCUT2D eigenvalue weighted by Crippen LogP contribution is -2.31. The second-order valence-corrected chi connectivity index (χ2v) is 6.17. The second-order valence-electron chi connectivity index (χ2n) is 6.17. The molecule has 1 aliphatic rings. The molecule has 1 atom stereocenters. The first-order valence-electron chi connectivity index (χ1n) is 7.01. The van der Waals surface area contributed by atoms with Crippen molar-refractivity contribution in [1.82, 2.24) is 4.90 Å². The van der Waals surface area contributed by atoms with Gasteiger partial charge in [-0.05, 0) is 38.3 Å². The molecule has 0 aromatic rings. The molecular formula is C14H29N3O. The van der Waals surface area contributed by atoms with E-state index in [1.165, 1.54) is 32.5 Å². The third kappa shape index (κ3) is 4.94. The quantitative estimate of drug-likeness (QED) is 0.396. The summed E-state index contributed by atoms with van der Waals surface area (Å²) in [5.74, 6) is 1.03. The van der Waals surface area contributed by atoms with Crippen molar-refractivity contribution in [3.63, 3.8) is 0 Å². The van der Waals surface area contributed by atoms with E-state index in [2.05, 4.69) is 18.7 Å². The minimum atomic E-state index is -0.135. The van der Waals surface area contributed by atoms with E-state index in [1.807, 2.05) is 0 Å². The number of rotatable bonds is 8. The predicted octanol–water partition coefficient (Wildman–Crippen LogP) is 2.09. The van der Waals surface area contributed by atoms with Gasteiger partial charge in [0, 0.05) is 19.1 Å². The smallest absolute Gasteiger partial charge is 0.0963 e. The molecule has 0 aromatic heterocycles. The summed E-state index contributed by atoms with van der Waals surface area (Å²) in [5, 5.41) is 7.53. The summed E-state index contributed by atoms with van der Waals surface area (Å²) in [6.07, 6.45) is 4.64. The Balaban J connectivity index is 2.11. The van der Waals surface area contributed by atoms with Crippen molar-refractivity contribution in [2.75, 3.05) is 33.4 Å². The van der Waals surface area contributed by atoms with Crippen molar-refractivity contribution in [1.29, 1.82) is 5.41 Å². The van der Waals surface area contributed by atoms with Gasteiger partial charge in [-0.25, -0.2) is 0 Å². The molecule has 1 saturated heterocycles.